The summed E-state index contributed by atoms with van der Waals surface area (Å²) < 4.78 is 33.3. The number of fused-ring (bicyclic) bond motifs is 1. The number of rotatable bonds is 4. The molecule has 0 unspecified atom stereocenters. The van der Waals surface area contributed by atoms with Crippen LogP contribution in [0.5, 0.6) is 5.75 Å². The van der Waals surface area contributed by atoms with E-state index >= 15 is 0 Å². The molecule has 0 aliphatic carbocycles. The molecule has 0 radical (unpaired) electrons. The predicted octanol–water partition coefficient (Wildman–Crippen LogP) is 2.40. The molecular formula is C18H18F2N2O3. The van der Waals surface area contributed by atoms with Crippen molar-refractivity contribution in [1.82, 2.24) is 9.88 Å². The molecule has 1 N–H and O–H groups in total. The van der Waals surface area contributed by atoms with Crippen LogP contribution >= 0.6 is 0 Å². The Kier molecular flexibility index (Phi) is 4.83. The minimum atomic E-state index is -0.703. The number of benzene rings is 1. The van der Waals surface area contributed by atoms with Crippen LogP contribution in [-0.4, -0.2) is 17.6 Å². The van der Waals surface area contributed by atoms with Crippen molar-refractivity contribution >= 4 is 5.91 Å². The Labute approximate surface area is 143 Å². The lowest BCUT2D eigenvalue weighted by atomic mass is 10.0. The van der Waals surface area contributed by atoms with Gasteiger partial charge >= 0.3 is 0 Å². The van der Waals surface area contributed by atoms with Crippen molar-refractivity contribution in [2.75, 3.05) is 7.11 Å². The lowest BCUT2D eigenvalue weighted by Gasteiger charge is -2.22. The monoisotopic (exact) mass is 348 g/mol. The van der Waals surface area contributed by atoms with Crippen LogP contribution < -0.4 is 15.6 Å². The van der Waals surface area contributed by atoms with Crippen LogP contribution in [0.3, 0.4) is 0 Å². The maximum Gasteiger partial charge on any atom is 0.257 e. The molecule has 2 aromatic rings. The van der Waals surface area contributed by atoms with Crippen molar-refractivity contribution < 1.29 is 18.3 Å². The summed E-state index contributed by atoms with van der Waals surface area (Å²) in [4.78, 5) is 24.8. The van der Waals surface area contributed by atoms with Gasteiger partial charge in [0.15, 0.2) is 0 Å². The Balaban J connectivity index is 1.90. The summed E-state index contributed by atoms with van der Waals surface area (Å²) >= 11 is 0. The molecule has 0 atom stereocenters. The zero-order valence-electron chi connectivity index (χ0n) is 13.8. The van der Waals surface area contributed by atoms with Crippen LogP contribution in [0, 0.1) is 11.6 Å². The summed E-state index contributed by atoms with van der Waals surface area (Å²) in [7, 11) is 1.40. The first-order valence-corrected chi connectivity index (χ1v) is 8.03. The number of nitrogens with one attached hydrogen (secondary N) is 1. The molecule has 1 aliphatic heterocycles. The number of amides is 1. The van der Waals surface area contributed by atoms with Crippen LogP contribution in [0.15, 0.2) is 29.1 Å². The third kappa shape index (κ3) is 3.55. The average molecular weight is 348 g/mol. The Bertz CT molecular complexity index is 857. The number of pyridine rings is 1. The molecule has 2 heterocycles. The van der Waals surface area contributed by atoms with Gasteiger partial charge in [-0.1, -0.05) is 0 Å². The topological polar surface area (TPSA) is 60.3 Å². The minimum absolute atomic E-state index is 0.0325. The van der Waals surface area contributed by atoms with E-state index in [0.29, 0.717) is 29.8 Å². The van der Waals surface area contributed by atoms with E-state index in [4.69, 9.17) is 4.74 Å². The zero-order valence-corrected chi connectivity index (χ0v) is 13.8. The molecule has 5 nitrogen and oxygen atoms in total. The molecule has 0 fully saturated rings. The zero-order chi connectivity index (χ0) is 18.0. The number of hydrogen-bond acceptors (Lipinski definition) is 3. The summed E-state index contributed by atoms with van der Waals surface area (Å²) in [6, 6.07) is 4.39. The highest BCUT2D eigenvalue weighted by Crippen LogP contribution is 2.25. The largest absolute Gasteiger partial charge is 0.496 e. The molecule has 1 aromatic heterocycles. The molecule has 0 saturated heterocycles. The van der Waals surface area contributed by atoms with E-state index in [1.165, 1.54) is 13.2 Å². The van der Waals surface area contributed by atoms with Crippen LogP contribution in [-0.2, 0) is 19.5 Å². The van der Waals surface area contributed by atoms with E-state index in [1.807, 2.05) is 0 Å². The molecule has 1 amide bonds. The molecule has 3 rings (SSSR count). The fourth-order valence-electron chi connectivity index (χ4n) is 3.13. The van der Waals surface area contributed by atoms with E-state index in [9.17, 15) is 18.4 Å². The van der Waals surface area contributed by atoms with Crippen LogP contribution in [0.1, 0.15) is 34.5 Å². The van der Waals surface area contributed by atoms with Crippen LogP contribution in [0.2, 0.25) is 0 Å². The number of methoxy groups -OCH3 is 1. The maximum absolute atomic E-state index is 13.3. The predicted molar refractivity (Wildman–Crippen MR) is 87.7 cm³/mol. The maximum atomic E-state index is 13.3. The second-order valence-corrected chi connectivity index (χ2v) is 5.94. The SMILES string of the molecule is COc1cc(=O)n2c(c1C(=O)NCc1cc(F)cc(F)c1)CCCC2. The van der Waals surface area contributed by atoms with Gasteiger partial charge in [0, 0.05) is 30.9 Å². The minimum Gasteiger partial charge on any atom is -0.496 e. The van der Waals surface area contributed by atoms with Gasteiger partial charge in [-0.05, 0) is 37.0 Å². The smallest absolute Gasteiger partial charge is 0.257 e. The fourth-order valence-corrected chi connectivity index (χ4v) is 3.13. The molecule has 0 spiro atoms. The van der Waals surface area contributed by atoms with Gasteiger partial charge in [0.2, 0.25) is 0 Å². The van der Waals surface area contributed by atoms with Crippen molar-refractivity contribution in [3.05, 3.63) is 63.1 Å². The molecule has 1 aliphatic rings. The Morgan fingerprint density at radius 1 is 1.20 bits per heavy atom. The van der Waals surface area contributed by atoms with Gasteiger partial charge < -0.3 is 14.6 Å². The number of carbonyl (C=O) groups is 1. The van der Waals surface area contributed by atoms with Crippen molar-refractivity contribution in [2.24, 2.45) is 0 Å². The Morgan fingerprint density at radius 2 is 1.92 bits per heavy atom. The van der Waals surface area contributed by atoms with Gasteiger partial charge in [-0.2, -0.15) is 0 Å². The first-order chi connectivity index (χ1) is 12.0. The second kappa shape index (κ2) is 7.04. The van der Waals surface area contributed by atoms with Crippen molar-refractivity contribution in [3.63, 3.8) is 0 Å². The second-order valence-electron chi connectivity index (χ2n) is 5.94. The average Bonchev–Trinajstić information content (AvgIpc) is 2.58. The Morgan fingerprint density at radius 3 is 2.60 bits per heavy atom. The van der Waals surface area contributed by atoms with E-state index in [1.54, 1.807) is 4.57 Å². The molecule has 1 aromatic carbocycles. The Hall–Kier alpha value is -2.70. The number of nitrogens with zero attached hydrogens (tertiary/aromatic N) is 1. The number of carbonyl (C=O) groups excluding carboxylic acids is 1. The quantitative estimate of drug-likeness (QED) is 0.923. The van der Waals surface area contributed by atoms with Gasteiger partial charge in [-0.3, -0.25) is 9.59 Å². The van der Waals surface area contributed by atoms with Crippen molar-refractivity contribution in [3.8, 4) is 5.75 Å². The highest BCUT2D eigenvalue weighted by molar-refractivity contribution is 5.98. The van der Waals surface area contributed by atoms with Crippen LogP contribution in [0.4, 0.5) is 8.78 Å². The third-order valence-electron chi connectivity index (χ3n) is 4.25. The fraction of sp³-hybridized carbons (Fsp3) is 0.333. The van der Waals surface area contributed by atoms with Crippen molar-refractivity contribution in [2.45, 2.75) is 32.4 Å². The molecule has 132 valence electrons. The van der Waals surface area contributed by atoms with E-state index < -0.39 is 17.5 Å². The first-order valence-electron chi connectivity index (χ1n) is 8.03. The summed E-state index contributed by atoms with van der Waals surface area (Å²) in [5, 5.41) is 2.65. The van der Waals surface area contributed by atoms with Gasteiger partial charge in [-0.15, -0.1) is 0 Å². The van der Waals surface area contributed by atoms with Gasteiger partial charge in [-0.25, -0.2) is 8.78 Å². The van der Waals surface area contributed by atoms with Gasteiger partial charge in [0.1, 0.15) is 22.9 Å². The lowest BCUT2D eigenvalue weighted by Crippen LogP contribution is -2.33. The third-order valence-corrected chi connectivity index (χ3v) is 4.25. The number of hydrogen-bond donors (Lipinski definition) is 1. The standard InChI is InChI=1S/C18H18F2N2O3/c1-25-15-9-16(23)22-5-3-2-4-14(22)17(15)18(24)21-10-11-6-12(19)8-13(20)7-11/h6-9H,2-5,10H2,1H3,(H,21,24). The number of aromatic nitrogens is 1. The molecule has 7 heteroatoms. The summed E-state index contributed by atoms with van der Waals surface area (Å²) in [6.07, 6.45) is 2.36. The summed E-state index contributed by atoms with van der Waals surface area (Å²) in [5.41, 5.74) is 1.05. The van der Waals surface area contributed by atoms with E-state index in [2.05, 4.69) is 5.32 Å². The number of ether oxygens (including phenoxy) is 1. The normalized spacial score (nSPS) is 13.2. The highest BCUT2D eigenvalue weighted by Gasteiger charge is 2.24. The molecule has 0 saturated carbocycles. The number of halogens is 2. The highest BCUT2D eigenvalue weighted by atomic mass is 19.1. The summed E-state index contributed by atoms with van der Waals surface area (Å²) in [5.74, 6) is -1.64. The lowest BCUT2D eigenvalue weighted by molar-refractivity contribution is 0.0945. The van der Waals surface area contributed by atoms with E-state index in [0.717, 1.165) is 31.0 Å². The van der Waals surface area contributed by atoms with Gasteiger partial charge in [0.05, 0.1) is 7.11 Å². The summed E-state index contributed by atoms with van der Waals surface area (Å²) in [6.45, 7) is 0.531. The van der Waals surface area contributed by atoms with Gasteiger partial charge in [0.25, 0.3) is 11.5 Å². The molecule has 0 bridgehead atoms. The molecular weight excluding hydrogens is 330 g/mol. The first kappa shape index (κ1) is 17.1. The van der Waals surface area contributed by atoms with E-state index in [-0.39, 0.29) is 17.9 Å². The van der Waals surface area contributed by atoms with Crippen molar-refractivity contribution in [1.29, 1.82) is 0 Å². The molecule has 25 heavy (non-hydrogen) atoms. The van der Waals surface area contributed by atoms with Crippen LogP contribution in [0.25, 0.3) is 0 Å².